The molecule has 1 aromatic rings. The van der Waals surface area contributed by atoms with E-state index in [1.165, 1.54) is 0 Å². The third kappa shape index (κ3) is 3.83. The smallest absolute Gasteiger partial charge is 0.223 e. The van der Waals surface area contributed by atoms with Crippen LogP contribution in [-0.2, 0) is 11.3 Å². The molecule has 2 heterocycles. The first-order valence-corrected chi connectivity index (χ1v) is 9.12. The van der Waals surface area contributed by atoms with Gasteiger partial charge in [-0.15, -0.1) is 12.4 Å². The van der Waals surface area contributed by atoms with Crippen molar-refractivity contribution in [3.63, 3.8) is 0 Å². The highest BCUT2D eigenvalue weighted by atomic mass is 35.5. The summed E-state index contributed by atoms with van der Waals surface area (Å²) in [5.74, 6) is 1.63. The fraction of sp³-hybridized carbons (Fsp3) is 0.611. The number of amides is 1. The third-order valence-electron chi connectivity index (χ3n) is 5.43. The molecule has 2 fully saturated rings. The van der Waals surface area contributed by atoms with Crippen molar-refractivity contribution < 1.29 is 14.3 Å². The van der Waals surface area contributed by atoms with E-state index in [9.17, 15) is 4.79 Å². The van der Waals surface area contributed by atoms with Crippen LogP contribution in [0, 0.1) is 11.3 Å². The van der Waals surface area contributed by atoms with E-state index >= 15 is 0 Å². The molecule has 1 atom stereocenters. The first kappa shape index (κ1) is 18.6. The molecule has 1 aromatic carbocycles. The van der Waals surface area contributed by atoms with Gasteiger partial charge in [0, 0.05) is 18.9 Å². The summed E-state index contributed by atoms with van der Waals surface area (Å²) in [6.45, 7) is 3.77. The fourth-order valence-electron chi connectivity index (χ4n) is 3.89. The van der Waals surface area contributed by atoms with Gasteiger partial charge in [0.05, 0.1) is 18.2 Å². The molecule has 138 valence electrons. The Labute approximate surface area is 159 Å². The predicted octanol–water partition coefficient (Wildman–Crippen LogP) is 2.93. The highest BCUT2D eigenvalue weighted by Gasteiger charge is 2.57. The number of carbonyl (C=O) groups excluding carboxylic acids is 1. The quantitative estimate of drug-likeness (QED) is 0.838. The van der Waals surface area contributed by atoms with Gasteiger partial charge in [-0.25, -0.2) is 0 Å². The number of carbonyl (C=O) groups is 1. The minimum atomic E-state index is 0. The molecule has 25 heavy (non-hydrogen) atoms. The van der Waals surface area contributed by atoms with Crippen LogP contribution >= 0.6 is 24.0 Å². The number of benzene rings is 1. The lowest BCUT2D eigenvalue weighted by Gasteiger charge is -2.23. The van der Waals surface area contributed by atoms with Crippen molar-refractivity contribution >= 4 is 29.9 Å². The van der Waals surface area contributed by atoms with Gasteiger partial charge in [0.25, 0.3) is 0 Å². The molecular weight excluding hydrogens is 363 g/mol. The largest absolute Gasteiger partial charge is 0.489 e. The second-order valence-corrected chi connectivity index (χ2v) is 7.45. The zero-order chi connectivity index (χ0) is 16.6. The molecule has 1 amide bonds. The van der Waals surface area contributed by atoms with E-state index in [0.717, 1.165) is 44.3 Å². The van der Waals surface area contributed by atoms with E-state index in [0.29, 0.717) is 36.3 Å². The lowest BCUT2D eigenvalue weighted by atomic mass is 9.92. The summed E-state index contributed by atoms with van der Waals surface area (Å²) in [4.78, 5) is 12.5. The second kappa shape index (κ2) is 7.60. The van der Waals surface area contributed by atoms with Crippen molar-refractivity contribution in [2.24, 2.45) is 11.3 Å². The van der Waals surface area contributed by atoms with Crippen LogP contribution in [-0.4, -0.2) is 32.2 Å². The highest BCUT2D eigenvalue weighted by molar-refractivity contribution is 6.32. The Morgan fingerprint density at radius 3 is 2.84 bits per heavy atom. The number of hydrogen-bond acceptors (Lipinski definition) is 4. The van der Waals surface area contributed by atoms with E-state index in [4.69, 9.17) is 21.1 Å². The average molecular weight is 387 g/mol. The van der Waals surface area contributed by atoms with Crippen molar-refractivity contribution in [3.8, 4) is 11.5 Å². The molecule has 3 aliphatic rings. The Morgan fingerprint density at radius 2 is 2.04 bits per heavy atom. The maximum atomic E-state index is 12.5. The SMILES string of the molecule is Cl.O=C(NCc1cc(Cl)c2c(c1)OCCCO2)C1CC12CCNCC2. The van der Waals surface area contributed by atoms with Crippen molar-refractivity contribution in [1.29, 1.82) is 0 Å². The Morgan fingerprint density at radius 1 is 1.28 bits per heavy atom. The van der Waals surface area contributed by atoms with Crippen molar-refractivity contribution in [1.82, 2.24) is 10.6 Å². The fourth-order valence-corrected chi connectivity index (χ4v) is 4.18. The van der Waals surface area contributed by atoms with Crippen molar-refractivity contribution in [2.45, 2.75) is 32.2 Å². The molecule has 7 heteroatoms. The molecule has 0 radical (unpaired) electrons. The van der Waals surface area contributed by atoms with Gasteiger partial charge in [0.2, 0.25) is 5.91 Å². The van der Waals surface area contributed by atoms with Crippen LogP contribution in [0.1, 0.15) is 31.2 Å². The maximum Gasteiger partial charge on any atom is 0.223 e. The van der Waals surface area contributed by atoms with E-state index in [-0.39, 0.29) is 29.6 Å². The van der Waals surface area contributed by atoms with Crippen LogP contribution in [0.25, 0.3) is 0 Å². The van der Waals surface area contributed by atoms with Gasteiger partial charge in [-0.1, -0.05) is 11.6 Å². The van der Waals surface area contributed by atoms with Gasteiger partial charge in [-0.3, -0.25) is 4.79 Å². The summed E-state index contributed by atoms with van der Waals surface area (Å²) in [5, 5.41) is 6.98. The molecule has 1 spiro atoms. The summed E-state index contributed by atoms with van der Waals surface area (Å²) in [5.41, 5.74) is 1.20. The number of halogens is 2. The Bertz CT molecular complexity index is 647. The standard InChI is InChI=1S/C18H23ClN2O3.ClH/c19-14-8-12(9-15-16(14)24-7-1-6-23-15)11-21-17(22)13-10-18(13)2-4-20-5-3-18;/h8-9,13,20H,1-7,10-11H2,(H,21,22);1H. The number of nitrogens with one attached hydrogen (secondary N) is 2. The lowest BCUT2D eigenvalue weighted by Crippen LogP contribution is -2.33. The van der Waals surface area contributed by atoms with Crippen molar-refractivity contribution in [3.05, 3.63) is 22.7 Å². The number of hydrogen-bond donors (Lipinski definition) is 2. The predicted molar refractivity (Wildman–Crippen MR) is 98.8 cm³/mol. The molecule has 2 N–H and O–H groups in total. The van der Waals surface area contributed by atoms with Crippen LogP contribution in [0.5, 0.6) is 11.5 Å². The van der Waals surface area contributed by atoms with Crippen LogP contribution in [0.3, 0.4) is 0 Å². The zero-order valence-corrected chi connectivity index (χ0v) is 15.7. The number of fused-ring (bicyclic) bond motifs is 1. The van der Waals surface area contributed by atoms with Gasteiger partial charge in [0.15, 0.2) is 11.5 Å². The summed E-state index contributed by atoms with van der Waals surface area (Å²) in [6.07, 6.45) is 4.10. The maximum absolute atomic E-state index is 12.5. The van der Waals surface area contributed by atoms with Crippen LogP contribution < -0.4 is 20.1 Å². The first-order valence-electron chi connectivity index (χ1n) is 8.74. The number of rotatable bonds is 3. The summed E-state index contributed by atoms with van der Waals surface area (Å²) >= 11 is 6.30. The average Bonchev–Trinajstić information content (AvgIpc) is 3.32. The normalized spacial score (nSPS) is 23.3. The van der Waals surface area contributed by atoms with Gasteiger partial charge < -0.3 is 20.1 Å². The molecule has 1 unspecified atom stereocenters. The monoisotopic (exact) mass is 386 g/mol. The molecular formula is C18H24Cl2N2O3. The summed E-state index contributed by atoms with van der Waals surface area (Å²) < 4.78 is 11.3. The van der Waals surface area contributed by atoms with Crippen LogP contribution in [0.15, 0.2) is 12.1 Å². The molecule has 0 bridgehead atoms. The van der Waals surface area contributed by atoms with Crippen molar-refractivity contribution in [2.75, 3.05) is 26.3 Å². The lowest BCUT2D eigenvalue weighted by molar-refractivity contribution is -0.123. The topological polar surface area (TPSA) is 59.6 Å². The van der Waals surface area contributed by atoms with Crippen LogP contribution in [0.4, 0.5) is 0 Å². The number of piperidine rings is 1. The van der Waals surface area contributed by atoms with Gasteiger partial charge >= 0.3 is 0 Å². The minimum absolute atomic E-state index is 0. The summed E-state index contributed by atoms with van der Waals surface area (Å²) in [7, 11) is 0. The van der Waals surface area contributed by atoms with Gasteiger partial charge in [-0.2, -0.15) is 0 Å². The Balaban J connectivity index is 0.00000182. The Hall–Kier alpha value is -1.17. The van der Waals surface area contributed by atoms with Gasteiger partial charge in [-0.05, 0) is 55.5 Å². The molecule has 2 aliphatic heterocycles. The van der Waals surface area contributed by atoms with E-state index in [1.54, 1.807) is 0 Å². The van der Waals surface area contributed by atoms with Crippen LogP contribution in [0.2, 0.25) is 5.02 Å². The molecule has 1 saturated carbocycles. The van der Waals surface area contributed by atoms with E-state index in [1.807, 2.05) is 12.1 Å². The summed E-state index contributed by atoms with van der Waals surface area (Å²) in [6, 6.07) is 3.77. The first-order chi connectivity index (χ1) is 11.7. The third-order valence-corrected chi connectivity index (χ3v) is 5.71. The van der Waals surface area contributed by atoms with E-state index in [2.05, 4.69) is 10.6 Å². The molecule has 1 saturated heterocycles. The minimum Gasteiger partial charge on any atom is -0.489 e. The second-order valence-electron chi connectivity index (χ2n) is 7.04. The van der Waals surface area contributed by atoms with Gasteiger partial charge in [0.1, 0.15) is 0 Å². The molecule has 1 aliphatic carbocycles. The molecule has 0 aromatic heterocycles. The molecule has 4 rings (SSSR count). The Kier molecular flexibility index (Phi) is 5.66. The van der Waals surface area contributed by atoms with E-state index < -0.39 is 0 Å². The molecule has 5 nitrogen and oxygen atoms in total. The zero-order valence-electron chi connectivity index (χ0n) is 14.1. The highest BCUT2D eigenvalue weighted by Crippen LogP contribution is 2.58. The number of ether oxygens (including phenoxy) is 2.